The van der Waals surface area contributed by atoms with Gasteiger partial charge in [-0.05, 0) is 36.4 Å². The van der Waals surface area contributed by atoms with Crippen LogP contribution in [0.3, 0.4) is 0 Å². The molecule has 0 spiro atoms. The number of anilines is 3. The molecule has 0 radical (unpaired) electrons. The van der Waals surface area contributed by atoms with E-state index in [9.17, 15) is 13.2 Å². The molecule has 0 aliphatic rings. The Bertz CT molecular complexity index is 597. The summed E-state index contributed by atoms with van der Waals surface area (Å²) in [5.41, 5.74) is 5.64. The summed E-state index contributed by atoms with van der Waals surface area (Å²) in [6, 6.07) is 10.1. The van der Waals surface area contributed by atoms with Crippen molar-refractivity contribution in [2.45, 2.75) is 6.18 Å². The van der Waals surface area contributed by atoms with Gasteiger partial charge in [-0.2, -0.15) is 13.2 Å². The summed E-state index contributed by atoms with van der Waals surface area (Å²) >= 11 is 5.60. The molecular formula is C13H10ClF3N2. The summed E-state index contributed by atoms with van der Waals surface area (Å²) < 4.78 is 38.7. The number of benzene rings is 2. The van der Waals surface area contributed by atoms with E-state index in [0.717, 1.165) is 6.07 Å². The first kappa shape index (κ1) is 13.5. The SMILES string of the molecule is Nc1cccc(Nc2ccc(Cl)cc2C(F)(F)F)c1. The second kappa shape index (κ2) is 5.01. The predicted octanol–water partition coefficient (Wildman–Crippen LogP) is 4.68. The molecule has 2 aromatic rings. The van der Waals surface area contributed by atoms with Gasteiger partial charge < -0.3 is 11.1 Å². The van der Waals surface area contributed by atoms with Crippen LogP contribution in [0.1, 0.15) is 5.56 Å². The molecule has 2 aromatic carbocycles. The van der Waals surface area contributed by atoms with E-state index in [1.165, 1.54) is 12.1 Å². The second-order valence-electron chi connectivity index (χ2n) is 3.94. The van der Waals surface area contributed by atoms with Gasteiger partial charge >= 0.3 is 6.18 Å². The highest BCUT2D eigenvalue weighted by atomic mass is 35.5. The lowest BCUT2D eigenvalue weighted by atomic mass is 10.1. The van der Waals surface area contributed by atoms with Crippen molar-refractivity contribution in [3.63, 3.8) is 0 Å². The Morgan fingerprint density at radius 2 is 1.79 bits per heavy atom. The van der Waals surface area contributed by atoms with E-state index in [1.54, 1.807) is 24.3 Å². The third-order valence-corrected chi connectivity index (χ3v) is 2.69. The molecule has 0 saturated carbocycles. The van der Waals surface area contributed by atoms with Gasteiger partial charge in [0.2, 0.25) is 0 Å². The third-order valence-electron chi connectivity index (χ3n) is 2.45. The van der Waals surface area contributed by atoms with E-state index in [4.69, 9.17) is 17.3 Å². The minimum absolute atomic E-state index is 0.0328. The van der Waals surface area contributed by atoms with E-state index in [2.05, 4.69) is 5.32 Å². The summed E-state index contributed by atoms with van der Waals surface area (Å²) in [5, 5.41) is 2.72. The molecule has 0 amide bonds. The normalized spacial score (nSPS) is 11.4. The highest BCUT2D eigenvalue weighted by Gasteiger charge is 2.33. The lowest BCUT2D eigenvalue weighted by molar-refractivity contribution is -0.136. The Labute approximate surface area is 113 Å². The maximum absolute atomic E-state index is 12.9. The fourth-order valence-electron chi connectivity index (χ4n) is 1.63. The van der Waals surface area contributed by atoms with Crippen molar-refractivity contribution in [3.8, 4) is 0 Å². The van der Waals surface area contributed by atoms with Gasteiger partial charge in [-0.25, -0.2) is 0 Å². The number of nitrogens with one attached hydrogen (secondary N) is 1. The monoisotopic (exact) mass is 286 g/mol. The maximum Gasteiger partial charge on any atom is 0.418 e. The molecule has 2 nitrogen and oxygen atoms in total. The molecule has 3 N–H and O–H groups in total. The first-order chi connectivity index (χ1) is 8.86. The summed E-state index contributed by atoms with van der Waals surface area (Å²) in [5.74, 6) is 0. The van der Waals surface area contributed by atoms with Gasteiger partial charge in [0.1, 0.15) is 0 Å². The number of rotatable bonds is 2. The van der Waals surface area contributed by atoms with Crippen LogP contribution in [0.5, 0.6) is 0 Å². The van der Waals surface area contributed by atoms with Crippen molar-refractivity contribution in [1.29, 1.82) is 0 Å². The van der Waals surface area contributed by atoms with Gasteiger partial charge in [0.25, 0.3) is 0 Å². The fraction of sp³-hybridized carbons (Fsp3) is 0.0769. The average molecular weight is 287 g/mol. The number of nitrogen functional groups attached to an aromatic ring is 1. The van der Waals surface area contributed by atoms with Crippen molar-refractivity contribution in [2.24, 2.45) is 0 Å². The molecule has 6 heteroatoms. The highest BCUT2D eigenvalue weighted by molar-refractivity contribution is 6.30. The Hall–Kier alpha value is -1.88. The number of nitrogens with two attached hydrogens (primary N) is 1. The van der Waals surface area contributed by atoms with Crippen LogP contribution in [0.25, 0.3) is 0 Å². The molecule has 0 aliphatic heterocycles. The zero-order valence-corrected chi connectivity index (χ0v) is 10.4. The summed E-state index contributed by atoms with van der Waals surface area (Å²) in [4.78, 5) is 0. The predicted molar refractivity (Wildman–Crippen MR) is 70.6 cm³/mol. The van der Waals surface area contributed by atoms with Gasteiger partial charge in [0.05, 0.1) is 11.3 Å². The molecule has 0 saturated heterocycles. The van der Waals surface area contributed by atoms with Crippen LogP contribution >= 0.6 is 11.6 Å². The molecule has 19 heavy (non-hydrogen) atoms. The van der Waals surface area contributed by atoms with Crippen LogP contribution in [0, 0.1) is 0 Å². The Morgan fingerprint density at radius 1 is 1.05 bits per heavy atom. The molecule has 0 aliphatic carbocycles. The molecule has 0 bridgehead atoms. The fourth-order valence-corrected chi connectivity index (χ4v) is 1.80. The Kier molecular flexibility index (Phi) is 3.57. The van der Waals surface area contributed by atoms with E-state index < -0.39 is 11.7 Å². The van der Waals surface area contributed by atoms with E-state index in [-0.39, 0.29) is 10.7 Å². The smallest absolute Gasteiger partial charge is 0.399 e. The molecule has 0 aromatic heterocycles. The second-order valence-corrected chi connectivity index (χ2v) is 4.37. The quantitative estimate of drug-likeness (QED) is 0.786. The highest BCUT2D eigenvalue weighted by Crippen LogP contribution is 2.37. The third kappa shape index (κ3) is 3.32. The van der Waals surface area contributed by atoms with Gasteiger partial charge in [-0.15, -0.1) is 0 Å². The van der Waals surface area contributed by atoms with Crippen LogP contribution in [-0.2, 0) is 6.18 Å². The van der Waals surface area contributed by atoms with Crippen molar-refractivity contribution in [2.75, 3.05) is 11.1 Å². The summed E-state index contributed by atoms with van der Waals surface area (Å²) in [6.07, 6.45) is -4.48. The zero-order chi connectivity index (χ0) is 14.0. The Morgan fingerprint density at radius 3 is 2.42 bits per heavy atom. The van der Waals surface area contributed by atoms with Crippen molar-refractivity contribution < 1.29 is 13.2 Å². The number of hydrogen-bond acceptors (Lipinski definition) is 2. The van der Waals surface area contributed by atoms with Crippen molar-refractivity contribution in [1.82, 2.24) is 0 Å². The van der Waals surface area contributed by atoms with E-state index >= 15 is 0 Å². The topological polar surface area (TPSA) is 38.0 Å². The zero-order valence-electron chi connectivity index (χ0n) is 9.63. The molecule has 0 heterocycles. The number of alkyl halides is 3. The minimum atomic E-state index is -4.48. The van der Waals surface area contributed by atoms with Crippen LogP contribution in [-0.4, -0.2) is 0 Å². The van der Waals surface area contributed by atoms with E-state index in [0.29, 0.717) is 11.4 Å². The molecule has 0 fully saturated rings. The maximum atomic E-state index is 12.9. The molecule has 0 atom stereocenters. The molecular weight excluding hydrogens is 277 g/mol. The largest absolute Gasteiger partial charge is 0.418 e. The van der Waals surface area contributed by atoms with Gasteiger partial charge in [-0.3, -0.25) is 0 Å². The van der Waals surface area contributed by atoms with Crippen molar-refractivity contribution >= 4 is 28.7 Å². The van der Waals surface area contributed by atoms with Gasteiger partial charge in [0.15, 0.2) is 0 Å². The lowest BCUT2D eigenvalue weighted by Crippen LogP contribution is -2.08. The van der Waals surface area contributed by atoms with Gasteiger partial charge in [0, 0.05) is 16.4 Å². The van der Waals surface area contributed by atoms with Crippen LogP contribution in [0.2, 0.25) is 5.02 Å². The molecule has 2 rings (SSSR count). The molecule has 0 unspecified atom stereocenters. The number of halogens is 4. The van der Waals surface area contributed by atoms with Gasteiger partial charge in [-0.1, -0.05) is 17.7 Å². The number of hydrogen-bond donors (Lipinski definition) is 2. The summed E-state index contributed by atoms with van der Waals surface area (Å²) in [7, 11) is 0. The molecule has 100 valence electrons. The Balaban J connectivity index is 2.40. The van der Waals surface area contributed by atoms with Crippen LogP contribution < -0.4 is 11.1 Å². The van der Waals surface area contributed by atoms with Crippen molar-refractivity contribution in [3.05, 3.63) is 53.1 Å². The minimum Gasteiger partial charge on any atom is -0.399 e. The average Bonchev–Trinajstić information content (AvgIpc) is 2.30. The van der Waals surface area contributed by atoms with Crippen LogP contribution in [0.4, 0.5) is 30.2 Å². The first-order valence-electron chi connectivity index (χ1n) is 5.35. The van der Waals surface area contributed by atoms with Crippen LogP contribution in [0.15, 0.2) is 42.5 Å². The van der Waals surface area contributed by atoms with E-state index in [1.807, 2.05) is 0 Å². The summed E-state index contributed by atoms with van der Waals surface area (Å²) in [6.45, 7) is 0. The lowest BCUT2D eigenvalue weighted by Gasteiger charge is -2.15. The first-order valence-corrected chi connectivity index (χ1v) is 5.73. The standard InChI is InChI=1S/C13H10ClF3N2/c14-8-4-5-12(11(6-8)13(15,16)17)19-10-3-1-2-9(18)7-10/h1-7,19H,18H2.